The van der Waals surface area contributed by atoms with Gasteiger partial charge in [-0.3, -0.25) is 4.98 Å². The highest BCUT2D eigenvalue weighted by atomic mass is 16.3. The number of nitrogens with zero attached hydrogens (tertiary/aromatic N) is 1. The normalized spacial score (nSPS) is 11.8. The molecule has 0 amide bonds. The Hall–Kier alpha value is -1.41. The van der Waals surface area contributed by atoms with Crippen LogP contribution >= 0.6 is 0 Å². The van der Waals surface area contributed by atoms with Gasteiger partial charge < -0.3 is 0 Å². The second kappa shape index (κ2) is 9.49. The van der Waals surface area contributed by atoms with Gasteiger partial charge in [-0.1, -0.05) is 57.4 Å². The van der Waals surface area contributed by atoms with E-state index in [4.69, 9.17) is 0 Å². The average Bonchev–Trinajstić information content (AvgIpc) is 2.49. The first-order valence-electron chi connectivity index (χ1n) is 7.61. The molecule has 0 N–H and O–H groups in total. The molecule has 1 heterocycles. The quantitative estimate of drug-likeness (QED) is 0.738. The predicted octanol–water partition coefficient (Wildman–Crippen LogP) is 5.18. The Labute approximate surface area is 122 Å². The van der Waals surface area contributed by atoms with Crippen molar-refractivity contribution in [1.82, 2.24) is 4.98 Å². The molecule has 1 aromatic heterocycles. The van der Waals surface area contributed by atoms with E-state index in [1.807, 2.05) is 31.2 Å². The first-order valence-corrected chi connectivity index (χ1v) is 7.61. The molecule has 0 bridgehead atoms. The lowest BCUT2D eigenvalue weighted by Gasteiger charge is -2.07. The van der Waals surface area contributed by atoms with Gasteiger partial charge in [0, 0.05) is 11.1 Å². The lowest BCUT2D eigenvalue weighted by atomic mass is 10.0. The topological polar surface area (TPSA) is 32.8 Å². The highest BCUT2D eigenvalue weighted by Crippen LogP contribution is 2.11. The van der Waals surface area contributed by atoms with E-state index in [0.717, 1.165) is 24.1 Å². The number of unbranched alkanes of at least 4 members (excludes halogenated alkanes) is 1. The molecule has 1 radical (unpaired) electrons. The number of para-hydroxylation sites is 1. The summed E-state index contributed by atoms with van der Waals surface area (Å²) < 4.78 is 0. The Morgan fingerprint density at radius 1 is 1.10 bits per heavy atom. The third-order valence-electron chi connectivity index (χ3n) is 3.52. The minimum atomic E-state index is 0.122. The van der Waals surface area contributed by atoms with Gasteiger partial charge in [-0.05, 0) is 31.4 Å². The van der Waals surface area contributed by atoms with E-state index < -0.39 is 0 Å². The molecule has 0 aliphatic carbocycles. The van der Waals surface area contributed by atoms with Gasteiger partial charge in [-0.15, -0.1) is 0 Å². The second-order valence-electron chi connectivity index (χ2n) is 5.23. The van der Waals surface area contributed by atoms with Crippen molar-refractivity contribution in [2.24, 2.45) is 5.92 Å². The second-order valence-corrected chi connectivity index (χ2v) is 5.23. The number of hydrogen-bond donors (Lipinski definition) is 0. The molecule has 109 valence electrons. The summed E-state index contributed by atoms with van der Waals surface area (Å²) >= 11 is 0. The van der Waals surface area contributed by atoms with E-state index in [1.54, 1.807) is 0 Å². The molecule has 2 nitrogen and oxygen atoms in total. The zero-order chi connectivity index (χ0) is 14.8. The number of aryl methyl sites for hydroxylation is 1. The highest BCUT2D eigenvalue weighted by molar-refractivity contribution is 5.78. The fourth-order valence-corrected chi connectivity index (χ4v) is 2.07. The molecule has 0 aliphatic heterocycles. The van der Waals surface area contributed by atoms with Crippen molar-refractivity contribution in [1.29, 1.82) is 0 Å². The Kier molecular flexibility index (Phi) is 7.89. The summed E-state index contributed by atoms with van der Waals surface area (Å²) in [6, 6.07) is 12.3. The SMILES string of the molecule is CCCCC(CC)C[O].Cc1ccc2ccccc2n1. The van der Waals surface area contributed by atoms with E-state index in [9.17, 15) is 5.11 Å². The smallest absolute Gasteiger partial charge is 0.0850 e. The van der Waals surface area contributed by atoms with Gasteiger partial charge in [0.2, 0.25) is 0 Å². The molecule has 0 saturated carbocycles. The van der Waals surface area contributed by atoms with Crippen LogP contribution in [0.25, 0.3) is 10.9 Å². The van der Waals surface area contributed by atoms with Crippen LogP contribution in [0.2, 0.25) is 0 Å². The molecule has 2 aromatic rings. The number of aromatic nitrogens is 1. The van der Waals surface area contributed by atoms with E-state index in [2.05, 4.69) is 31.0 Å². The van der Waals surface area contributed by atoms with Crippen LogP contribution in [0.3, 0.4) is 0 Å². The lowest BCUT2D eigenvalue weighted by Crippen LogP contribution is -2.02. The summed E-state index contributed by atoms with van der Waals surface area (Å²) in [4.78, 5) is 4.38. The van der Waals surface area contributed by atoms with Crippen molar-refractivity contribution in [2.75, 3.05) is 6.61 Å². The van der Waals surface area contributed by atoms with Crippen molar-refractivity contribution >= 4 is 10.9 Å². The number of benzene rings is 1. The summed E-state index contributed by atoms with van der Waals surface area (Å²) in [7, 11) is 0. The summed E-state index contributed by atoms with van der Waals surface area (Å²) in [5.41, 5.74) is 2.15. The zero-order valence-corrected chi connectivity index (χ0v) is 12.9. The van der Waals surface area contributed by atoms with Crippen LogP contribution in [-0.4, -0.2) is 11.6 Å². The maximum atomic E-state index is 10.4. The van der Waals surface area contributed by atoms with Crippen LogP contribution in [0.5, 0.6) is 0 Å². The predicted molar refractivity (Wildman–Crippen MR) is 85.3 cm³/mol. The van der Waals surface area contributed by atoms with Crippen molar-refractivity contribution < 1.29 is 5.11 Å². The maximum Gasteiger partial charge on any atom is 0.0850 e. The zero-order valence-electron chi connectivity index (χ0n) is 12.9. The van der Waals surface area contributed by atoms with Gasteiger partial charge in [0.05, 0.1) is 12.1 Å². The lowest BCUT2D eigenvalue weighted by molar-refractivity contribution is 0.135. The largest absolute Gasteiger partial charge is 0.253 e. The number of hydrogen-bond acceptors (Lipinski definition) is 1. The first-order chi connectivity index (χ1) is 9.71. The van der Waals surface area contributed by atoms with Crippen molar-refractivity contribution in [3.05, 3.63) is 42.1 Å². The molecule has 20 heavy (non-hydrogen) atoms. The van der Waals surface area contributed by atoms with Gasteiger partial charge in [-0.25, -0.2) is 5.11 Å². The minimum absolute atomic E-state index is 0.122. The number of rotatable bonds is 5. The fourth-order valence-electron chi connectivity index (χ4n) is 2.07. The molecule has 0 saturated heterocycles. The van der Waals surface area contributed by atoms with Crippen molar-refractivity contribution in [2.45, 2.75) is 46.5 Å². The van der Waals surface area contributed by atoms with E-state index >= 15 is 0 Å². The monoisotopic (exact) mass is 272 g/mol. The fraction of sp³-hybridized carbons (Fsp3) is 0.500. The molecular weight excluding hydrogens is 246 g/mol. The van der Waals surface area contributed by atoms with E-state index in [1.165, 1.54) is 18.2 Å². The van der Waals surface area contributed by atoms with E-state index in [0.29, 0.717) is 5.92 Å². The van der Waals surface area contributed by atoms with Gasteiger partial charge >= 0.3 is 0 Å². The molecule has 0 fully saturated rings. The Balaban J connectivity index is 0.000000206. The molecule has 2 heteroatoms. The van der Waals surface area contributed by atoms with Gasteiger partial charge in [0.15, 0.2) is 0 Å². The highest BCUT2D eigenvalue weighted by Gasteiger charge is 2.02. The average molecular weight is 272 g/mol. The summed E-state index contributed by atoms with van der Waals surface area (Å²) in [6.07, 6.45) is 4.64. The van der Waals surface area contributed by atoms with Crippen LogP contribution in [0, 0.1) is 12.8 Å². The summed E-state index contributed by atoms with van der Waals surface area (Å²) in [6.45, 7) is 6.39. The van der Waals surface area contributed by atoms with Crippen LogP contribution in [0.15, 0.2) is 36.4 Å². The third kappa shape index (κ3) is 5.70. The molecule has 1 atom stereocenters. The summed E-state index contributed by atoms with van der Waals surface area (Å²) in [5.74, 6) is 0.449. The molecular formula is C18H26NO. The maximum absolute atomic E-state index is 10.4. The Bertz CT molecular complexity index is 491. The van der Waals surface area contributed by atoms with Crippen LogP contribution in [-0.2, 0) is 5.11 Å². The molecule has 1 unspecified atom stereocenters. The van der Waals surface area contributed by atoms with Crippen molar-refractivity contribution in [3.63, 3.8) is 0 Å². The number of pyridine rings is 1. The Morgan fingerprint density at radius 2 is 1.85 bits per heavy atom. The van der Waals surface area contributed by atoms with Crippen LogP contribution in [0.1, 0.15) is 45.2 Å². The molecule has 1 aromatic carbocycles. The van der Waals surface area contributed by atoms with Crippen molar-refractivity contribution in [3.8, 4) is 0 Å². The van der Waals surface area contributed by atoms with Gasteiger partial charge in [-0.2, -0.15) is 0 Å². The molecule has 0 aliphatic rings. The first kappa shape index (κ1) is 16.6. The number of fused-ring (bicyclic) bond motifs is 1. The minimum Gasteiger partial charge on any atom is -0.253 e. The van der Waals surface area contributed by atoms with Crippen LogP contribution in [0.4, 0.5) is 0 Å². The standard InChI is InChI=1S/C10H9N.C8H17O/c1-8-6-7-9-4-2-3-5-10(9)11-8;1-3-5-6-8(4-2)7-9/h2-7H,1H3;8H,3-7H2,1-2H3. The molecule has 0 spiro atoms. The van der Waals surface area contributed by atoms with Crippen LogP contribution < -0.4 is 0 Å². The third-order valence-corrected chi connectivity index (χ3v) is 3.52. The molecule has 2 rings (SSSR count). The van der Waals surface area contributed by atoms with Gasteiger partial charge in [0.25, 0.3) is 0 Å². The van der Waals surface area contributed by atoms with Gasteiger partial charge in [0.1, 0.15) is 0 Å². The Morgan fingerprint density at radius 3 is 2.50 bits per heavy atom. The van der Waals surface area contributed by atoms with E-state index in [-0.39, 0.29) is 6.61 Å². The summed E-state index contributed by atoms with van der Waals surface area (Å²) in [5, 5.41) is 11.6.